The maximum absolute atomic E-state index is 5.60. The minimum Gasteiger partial charge on any atom is -0.397 e. The fraction of sp³-hybridized carbons (Fsp3) is 0.333. The lowest BCUT2D eigenvalue weighted by Crippen LogP contribution is -1.99. The van der Waals surface area contributed by atoms with Crippen LogP contribution >= 0.6 is 11.3 Å². The zero-order valence-corrected chi connectivity index (χ0v) is 10.3. The van der Waals surface area contributed by atoms with Gasteiger partial charge < -0.3 is 11.1 Å². The quantitative estimate of drug-likeness (QED) is 0.855. The average molecular weight is 246 g/mol. The van der Waals surface area contributed by atoms with Crippen molar-refractivity contribution in [3.63, 3.8) is 0 Å². The summed E-state index contributed by atoms with van der Waals surface area (Å²) in [5.74, 6) is 0.797. The van der Waals surface area contributed by atoms with E-state index in [2.05, 4.69) is 15.3 Å². The molecule has 1 aliphatic carbocycles. The molecule has 0 aromatic carbocycles. The van der Waals surface area contributed by atoms with Crippen molar-refractivity contribution in [1.82, 2.24) is 9.97 Å². The van der Waals surface area contributed by atoms with Crippen molar-refractivity contribution in [3.8, 4) is 0 Å². The number of hydrogen-bond donors (Lipinski definition) is 2. The summed E-state index contributed by atoms with van der Waals surface area (Å²) in [6.45, 7) is 0. The van der Waals surface area contributed by atoms with E-state index in [-0.39, 0.29) is 0 Å². The van der Waals surface area contributed by atoms with Crippen LogP contribution in [0.1, 0.15) is 23.4 Å². The molecule has 0 aliphatic heterocycles. The van der Waals surface area contributed by atoms with E-state index in [1.165, 1.54) is 29.8 Å². The Bertz CT molecular complexity index is 494. The number of rotatable bonds is 2. The van der Waals surface area contributed by atoms with E-state index >= 15 is 0 Å². The van der Waals surface area contributed by atoms with E-state index in [1.807, 2.05) is 12.1 Å². The molecular weight excluding hydrogens is 232 g/mol. The Kier molecular flexibility index (Phi) is 2.68. The third-order valence-electron chi connectivity index (χ3n) is 2.87. The van der Waals surface area contributed by atoms with Crippen molar-refractivity contribution >= 4 is 28.0 Å². The van der Waals surface area contributed by atoms with Gasteiger partial charge in [-0.25, -0.2) is 9.97 Å². The fourth-order valence-corrected chi connectivity index (χ4v) is 3.05. The lowest BCUT2D eigenvalue weighted by Gasteiger charge is -2.06. The van der Waals surface area contributed by atoms with Gasteiger partial charge in [0, 0.05) is 4.88 Å². The number of anilines is 3. The molecular formula is C12H14N4S. The molecule has 88 valence electrons. The molecule has 5 heteroatoms. The van der Waals surface area contributed by atoms with Gasteiger partial charge in [-0.05, 0) is 37.8 Å². The predicted molar refractivity (Wildman–Crippen MR) is 70.7 cm³/mol. The third kappa shape index (κ3) is 2.24. The number of aromatic nitrogens is 2. The molecule has 2 aromatic heterocycles. The van der Waals surface area contributed by atoms with Crippen LogP contribution in [0.5, 0.6) is 0 Å². The molecule has 3 rings (SSSR count). The van der Waals surface area contributed by atoms with Gasteiger partial charge in [0.15, 0.2) is 5.13 Å². The van der Waals surface area contributed by atoms with Crippen molar-refractivity contribution in [3.05, 3.63) is 28.9 Å². The molecule has 0 fully saturated rings. The predicted octanol–water partition coefficient (Wildman–Crippen LogP) is 2.74. The molecule has 0 radical (unpaired) electrons. The molecule has 2 aromatic rings. The monoisotopic (exact) mass is 246 g/mol. The molecule has 1 aliphatic rings. The van der Waals surface area contributed by atoms with E-state index in [4.69, 9.17) is 5.73 Å². The average Bonchev–Trinajstić information content (AvgIpc) is 2.74. The van der Waals surface area contributed by atoms with Crippen molar-refractivity contribution in [2.24, 2.45) is 0 Å². The minimum atomic E-state index is 0.675. The van der Waals surface area contributed by atoms with Crippen LogP contribution in [0, 0.1) is 0 Å². The molecule has 3 N–H and O–H groups in total. The summed E-state index contributed by atoms with van der Waals surface area (Å²) >= 11 is 1.74. The summed E-state index contributed by atoms with van der Waals surface area (Å²) in [6.07, 6.45) is 6.48. The van der Waals surface area contributed by atoms with Gasteiger partial charge in [-0.1, -0.05) is 0 Å². The van der Waals surface area contributed by atoms with Crippen molar-refractivity contribution in [2.45, 2.75) is 25.7 Å². The standard InChI is InChI=1S/C12H14N4S/c13-8-5-6-11(14-7-8)16-12-15-9-3-1-2-4-10(9)17-12/h5-7H,1-4,13H2,(H,14,15,16). The van der Waals surface area contributed by atoms with Gasteiger partial charge in [0.25, 0.3) is 0 Å². The number of hydrogen-bond acceptors (Lipinski definition) is 5. The second-order valence-corrected chi connectivity index (χ2v) is 5.28. The highest BCUT2D eigenvalue weighted by atomic mass is 32.1. The highest BCUT2D eigenvalue weighted by molar-refractivity contribution is 7.15. The number of nitrogens with zero attached hydrogens (tertiary/aromatic N) is 2. The Labute approximate surface area is 104 Å². The van der Waals surface area contributed by atoms with Crippen molar-refractivity contribution < 1.29 is 0 Å². The maximum Gasteiger partial charge on any atom is 0.188 e. The second-order valence-electron chi connectivity index (χ2n) is 4.20. The minimum absolute atomic E-state index is 0.675. The second kappa shape index (κ2) is 4.33. The Morgan fingerprint density at radius 3 is 2.88 bits per heavy atom. The molecule has 17 heavy (non-hydrogen) atoms. The van der Waals surface area contributed by atoms with Gasteiger partial charge in [-0.2, -0.15) is 0 Å². The number of aryl methyl sites for hydroxylation is 2. The summed E-state index contributed by atoms with van der Waals surface area (Å²) in [5, 5.41) is 4.17. The largest absolute Gasteiger partial charge is 0.397 e. The van der Waals surface area contributed by atoms with E-state index < -0.39 is 0 Å². The van der Waals surface area contributed by atoms with Crippen LogP contribution in [0.3, 0.4) is 0 Å². The maximum atomic E-state index is 5.60. The summed E-state index contributed by atoms with van der Waals surface area (Å²) in [6, 6.07) is 3.71. The molecule has 0 saturated heterocycles. The van der Waals surface area contributed by atoms with Gasteiger partial charge in [0.2, 0.25) is 0 Å². The number of nitrogens with two attached hydrogens (primary N) is 1. The van der Waals surface area contributed by atoms with Crippen LogP contribution in [-0.4, -0.2) is 9.97 Å². The highest BCUT2D eigenvalue weighted by Crippen LogP contribution is 2.30. The third-order valence-corrected chi connectivity index (χ3v) is 3.94. The summed E-state index contributed by atoms with van der Waals surface area (Å²) in [4.78, 5) is 10.2. The van der Waals surface area contributed by atoms with E-state index in [9.17, 15) is 0 Å². The van der Waals surface area contributed by atoms with Gasteiger partial charge in [0.1, 0.15) is 5.82 Å². The topological polar surface area (TPSA) is 63.8 Å². The Hall–Kier alpha value is -1.62. The first-order valence-electron chi connectivity index (χ1n) is 5.78. The first kappa shape index (κ1) is 10.5. The van der Waals surface area contributed by atoms with Gasteiger partial charge >= 0.3 is 0 Å². The first-order chi connectivity index (χ1) is 8.31. The summed E-state index contributed by atoms with van der Waals surface area (Å²) in [7, 11) is 0. The normalized spacial score (nSPS) is 14.4. The molecule has 0 amide bonds. The van der Waals surface area contributed by atoms with Gasteiger partial charge in [-0.15, -0.1) is 11.3 Å². The summed E-state index contributed by atoms with van der Waals surface area (Å²) in [5.41, 5.74) is 7.53. The van der Waals surface area contributed by atoms with Crippen molar-refractivity contribution in [2.75, 3.05) is 11.1 Å². The highest BCUT2D eigenvalue weighted by Gasteiger charge is 2.15. The van der Waals surface area contributed by atoms with Crippen LogP contribution in [0.2, 0.25) is 0 Å². The van der Waals surface area contributed by atoms with E-state index in [0.29, 0.717) is 5.69 Å². The molecule has 0 saturated carbocycles. The lowest BCUT2D eigenvalue weighted by atomic mass is 10.0. The molecule has 0 atom stereocenters. The number of thiazole rings is 1. The smallest absolute Gasteiger partial charge is 0.188 e. The molecule has 2 heterocycles. The molecule has 0 bridgehead atoms. The fourth-order valence-electron chi connectivity index (χ4n) is 1.99. The van der Waals surface area contributed by atoms with Gasteiger partial charge in [0.05, 0.1) is 17.6 Å². The van der Waals surface area contributed by atoms with Crippen LogP contribution in [0.25, 0.3) is 0 Å². The van der Waals surface area contributed by atoms with Crippen LogP contribution in [-0.2, 0) is 12.8 Å². The van der Waals surface area contributed by atoms with Crippen LogP contribution in [0.15, 0.2) is 18.3 Å². The van der Waals surface area contributed by atoms with Crippen molar-refractivity contribution in [1.29, 1.82) is 0 Å². The zero-order chi connectivity index (χ0) is 11.7. The van der Waals surface area contributed by atoms with E-state index in [1.54, 1.807) is 17.5 Å². The van der Waals surface area contributed by atoms with Crippen LogP contribution in [0.4, 0.5) is 16.6 Å². The Balaban J connectivity index is 1.80. The summed E-state index contributed by atoms with van der Waals surface area (Å²) < 4.78 is 0. The number of nitrogen functional groups attached to an aromatic ring is 1. The number of fused-ring (bicyclic) bond motifs is 1. The molecule has 0 spiro atoms. The Morgan fingerprint density at radius 1 is 1.24 bits per heavy atom. The zero-order valence-electron chi connectivity index (χ0n) is 9.44. The van der Waals surface area contributed by atoms with Gasteiger partial charge in [-0.3, -0.25) is 0 Å². The lowest BCUT2D eigenvalue weighted by molar-refractivity contribution is 0.683. The number of pyridine rings is 1. The molecule has 4 nitrogen and oxygen atoms in total. The SMILES string of the molecule is Nc1ccc(Nc2nc3c(s2)CCCC3)nc1. The van der Waals surface area contributed by atoms with Crippen LogP contribution < -0.4 is 11.1 Å². The Morgan fingerprint density at radius 2 is 2.12 bits per heavy atom. The first-order valence-corrected chi connectivity index (χ1v) is 6.60. The molecule has 0 unspecified atom stereocenters. The number of nitrogens with one attached hydrogen (secondary N) is 1. The van der Waals surface area contributed by atoms with E-state index in [0.717, 1.165) is 17.4 Å².